The van der Waals surface area contributed by atoms with Gasteiger partial charge in [-0.1, -0.05) is 12.1 Å². The zero-order valence-corrected chi connectivity index (χ0v) is 16.0. The highest BCUT2D eigenvalue weighted by Gasteiger charge is 2.51. The van der Waals surface area contributed by atoms with Gasteiger partial charge in [-0.15, -0.1) is 0 Å². The number of nitrogens with zero attached hydrogens (tertiary/aromatic N) is 1. The third-order valence-electron chi connectivity index (χ3n) is 7.71. The molecule has 0 aromatic heterocycles. The summed E-state index contributed by atoms with van der Waals surface area (Å²) < 4.78 is 0. The van der Waals surface area contributed by atoms with E-state index in [1.165, 1.54) is 38.5 Å². The normalized spacial score (nSPS) is 36.3. The van der Waals surface area contributed by atoms with Gasteiger partial charge in [0.15, 0.2) is 0 Å². The Morgan fingerprint density at radius 2 is 1.54 bits per heavy atom. The standard InChI is InChI=1S/C23H32N2O/c1-16(22(26)25-8-2-3-9-25)24-21-6-4-20(5-7-21)23-13-17-10-18(14-23)12-19(11-17)15-23/h4-7,16-19,24H,2-3,8-15H2,1H3/t16-,17?,18?,19?,23?/m0/s1. The number of carbonyl (C=O) groups excluding carboxylic acids is 1. The summed E-state index contributed by atoms with van der Waals surface area (Å²) in [6.45, 7) is 3.85. The molecule has 1 N–H and O–H groups in total. The Morgan fingerprint density at radius 1 is 1.00 bits per heavy atom. The molecule has 1 aromatic rings. The first-order valence-electron chi connectivity index (χ1n) is 10.8. The van der Waals surface area contributed by atoms with E-state index in [9.17, 15) is 4.79 Å². The molecule has 0 radical (unpaired) electrons. The van der Waals surface area contributed by atoms with Gasteiger partial charge in [-0.25, -0.2) is 0 Å². The van der Waals surface area contributed by atoms with Crippen molar-refractivity contribution in [2.24, 2.45) is 17.8 Å². The number of anilines is 1. The van der Waals surface area contributed by atoms with Crippen LogP contribution in [0.5, 0.6) is 0 Å². The zero-order valence-electron chi connectivity index (χ0n) is 16.0. The molecular formula is C23H32N2O. The van der Waals surface area contributed by atoms with Crippen LogP contribution in [-0.4, -0.2) is 29.9 Å². The SMILES string of the molecule is C[C@H](Nc1ccc(C23CC4CC(CC(C4)C2)C3)cc1)C(=O)N1CCCC1. The number of carbonyl (C=O) groups is 1. The molecule has 1 atom stereocenters. The molecule has 1 saturated heterocycles. The smallest absolute Gasteiger partial charge is 0.244 e. The van der Waals surface area contributed by atoms with Gasteiger partial charge in [0.25, 0.3) is 0 Å². The molecule has 1 aromatic carbocycles. The van der Waals surface area contributed by atoms with Crippen LogP contribution < -0.4 is 5.32 Å². The molecule has 0 spiro atoms. The van der Waals surface area contributed by atoms with E-state index in [2.05, 4.69) is 29.6 Å². The predicted octanol–water partition coefficient (Wildman–Crippen LogP) is 4.58. The van der Waals surface area contributed by atoms with Gasteiger partial charge in [-0.2, -0.15) is 0 Å². The first-order chi connectivity index (χ1) is 12.6. The van der Waals surface area contributed by atoms with Gasteiger partial charge >= 0.3 is 0 Å². The monoisotopic (exact) mass is 352 g/mol. The second kappa shape index (κ2) is 6.28. The number of benzene rings is 1. The Morgan fingerprint density at radius 3 is 2.08 bits per heavy atom. The van der Waals surface area contributed by atoms with E-state index in [1.54, 1.807) is 5.56 Å². The third kappa shape index (κ3) is 2.84. The molecule has 6 rings (SSSR count). The van der Waals surface area contributed by atoms with Crippen LogP contribution in [0.2, 0.25) is 0 Å². The maximum absolute atomic E-state index is 12.5. The molecule has 3 nitrogen and oxygen atoms in total. The van der Waals surface area contributed by atoms with E-state index in [0.29, 0.717) is 5.41 Å². The zero-order chi connectivity index (χ0) is 17.7. The topological polar surface area (TPSA) is 32.3 Å². The number of amides is 1. The minimum absolute atomic E-state index is 0.140. The van der Waals surface area contributed by atoms with Crippen molar-refractivity contribution in [2.75, 3.05) is 18.4 Å². The van der Waals surface area contributed by atoms with Crippen LogP contribution in [0.15, 0.2) is 24.3 Å². The fourth-order valence-electron chi connectivity index (χ4n) is 6.91. The maximum Gasteiger partial charge on any atom is 0.244 e. The third-order valence-corrected chi connectivity index (χ3v) is 7.71. The summed E-state index contributed by atoms with van der Waals surface area (Å²) in [5.41, 5.74) is 3.10. The number of hydrogen-bond donors (Lipinski definition) is 1. The highest BCUT2D eigenvalue weighted by molar-refractivity contribution is 5.84. The Kier molecular flexibility index (Phi) is 4.02. The van der Waals surface area contributed by atoms with Crippen molar-refractivity contribution in [3.05, 3.63) is 29.8 Å². The van der Waals surface area contributed by atoms with Crippen LogP contribution in [0.1, 0.15) is 63.9 Å². The summed E-state index contributed by atoms with van der Waals surface area (Å²) in [5, 5.41) is 3.43. The lowest BCUT2D eigenvalue weighted by Gasteiger charge is -2.57. The molecule has 26 heavy (non-hydrogen) atoms. The van der Waals surface area contributed by atoms with Crippen molar-refractivity contribution >= 4 is 11.6 Å². The van der Waals surface area contributed by atoms with Gasteiger partial charge in [-0.05, 0) is 99.2 Å². The average Bonchev–Trinajstić information content (AvgIpc) is 3.15. The van der Waals surface area contributed by atoms with Crippen LogP contribution in [0.25, 0.3) is 0 Å². The number of likely N-dealkylation sites (tertiary alicyclic amines) is 1. The molecule has 5 aliphatic rings. The largest absolute Gasteiger partial charge is 0.374 e. The molecule has 140 valence electrons. The number of hydrogen-bond acceptors (Lipinski definition) is 2. The van der Waals surface area contributed by atoms with E-state index >= 15 is 0 Å². The van der Waals surface area contributed by atoms with Crippen LogP contribution in [-0.2, 0) is 10.2 Å². The van der Waals surface area contributed by atoms with Crippen LogP contribution in [0.4, 0.5) is 5.69 Å². The minimum atomic E-state index is -0.140. The highest BCUT2D eigenvalue weighted by Crippen LogP contribution is 2.60. The maximum atomic E-state index is 12.5. The molecule has 3 heteroatoms. The second-order valence-corrected chi connectivity index (χ2v) is 9.67. The first-order valence-corrected chi connectivity index (χ1v) is 10.8. The molecule has 1 aliphatic heterocycles. The second-order valence-electron chi connectivity index (χ2n) is 9.67. The lowest BCUT2D eigenvalue weighted by molar-refractivity contribution is -0.130. The Hall–Kier alpha value is -1.51. The van der Waals surface area contributed by atoms with Gasteiger partial charge in [0.1, 0.15) is 6.04 Å². The molecule has 1 heterocycles. The molecule has 4 saturated carbocycles. The van der Waals surface area contributed by atoms with Crippen LogP contribution in [0.3, 0.4) is 0 Å². The van der Waals surface area contributed by atoms with E-state index in [4.69, 9.17) is 0 Å². The summed E-state index contributed by atoms with van der Waals surface area (Å²) in [5.74, 6) is 3.19. The summed E-state index contributed by atoms with van der Waals surface area (Å²) in [6.07, 6.45) is 11.0. The van der Waals surface area contributed by atoms with Crippen molar-refractivity contribution in [1.29, 1.82) is 0 Å². The Balaban J connectivity index is 1.28. The molecular weight excluding hydrogens is 320 g/mol. The first kappa shape index (κ1) is 16.6. The summed E-state index contributed by atoms with van der Waals surface area (Å²) in [6, 6.07) is 8.98. The van der Waals surface area contributed by atoms with Crippen LogP contribution in [0, 0.1) is 17.8 Å². The van der Waals surface area contributed by atoms with Gasteiger partial charge in [0, 0.05) is 18.8 Å². The molecule has 4 aliphatic carbocycles. The van der Waals surface area contributed by atoms with Gasteiger partial charge in [-0.3, -0.25) is 4.79 Å². The van der Waals surface area contributed by atoms with Gasteiger partial charge < -0.3 is 10.2 Å². The quantitative estimate of drug-likeness (QED) is 0.860. The van der Waals surface area contributed by atoms with Gasteiger partial charge in [0.2, 0.25) is 5.91 Å². The lowest BCUT2D eigenvalue weighted by atomic mass is 9.48. The Bertz CT molecular complexity index is 639. The molecule has 1 amide bonds. The van der Waals surface area contributed by atoms with Crippen molar-refractivity contribution in [3.8, 4) is 0 Å². The van der Waals surface area contributed by atoms with Crippen molar-refractivity contribution in [2.45, 2.75) is 69.7 Å². The van der Waals surface area contributed by atoms with E-state index < -0.39 is 0 Å². The fraction of sp³-hybridized carbons (Fsp3) is 0.696. The highest BCUT2D eigenvalue weighted by atomic mass is 16.2. The van der Waals surface area contributed by atoms with Crippen LogP contribution >= 0.6 is 0 Å². The fourth-order valence-corrected chi connectivity index (χ4v) is 6.91. The Labute approximate surface area is 157 Å². The van der Waals surface area contributed by atoms with Crippen molar-refractivity contribution in [3.63, 3.8) is 0 Å². The van der Waals surface area contributed by atoms with E-state index in [-0.39, 0.29) is 11.9 Å². The average molecular weight is 353 g/mol. The summed E-state index contributed by atoms with van der Waals surface area (Å²) in [7, 11) is 0. The van der Waals surface area contributed by atoms with Crippen molar-refractivity contribution in [1.82, 2.24) is 4.90 Å². The number of rotatable bonds is 4. The number of nitrogens with one attached hydrogen (secondary N) is 1. The molecule has 0 unspecified atom stereocenters. The van der Waals surface area contributed by atoms with E-state index in [0.717, 1.165) is 49.4 Å². The summed E-state index contributed by atoms with van der Waals surface area (Å²) >= 11 is 0. The van der Waals surface area contributed by atoms with Gasteiger partial charge in [0.05, 0.1) is 0 Å². The predicted molar refractivity (Wildman–Crippen MR) is 105 cm³/mol. The molecule has 4 bridgehead atoms. The van der Waals surface area contributed by atoms with E-state index in [1.807, 2.05) is 11.8 Å². The lowest BCUT2D eigenvalue weighted by Crippen LogP contribution is -2.48. The molecule has 5 fully saturated rings. The summed E-state index contributed by atoms with van der Waals surface area (Å²) in [4.78, 5) is 14.5. The van der Waals surface area contributed by atoms with Crippen molar-refractivity contribution < 1.29 is 4.79 Å². The minimum Gasteiger partial charge on any atom is -0.374 e.